The van der Waals surface area contributed by atoms with Crippen molar-refractivity contribution in [2.75, 3.05) is 44.3 Å². The normalized spacial score (nSPS) is 24.5. The maximum atomic E-state index is 12.7. The minimum absolute atomic E-state index is 0.167. The summed E-state index contributed by atoms with van der Waals surface area (Å²) in [6, 6.07) is 1.24. The van der Waals surface area contributed by atoms with Crippen molar-refractivity contribution < 1.29 is 17.9 Å². The van der Waals surface area contributed by atoms with Crippen molar-refractivity contribution >= 4 is 5.95 Å². The van der Waals surface area contributed by atoms with Crippen LogP contribution in [0.5, 0.6) is 0 Å². The molecule has 21 heavy (non-hydrogen) atoms. The van der Waals surface area contributed by atoms with E-state index >= 15 is 0 Å². The van der Waals surface area contributed by atoms with Crippen LogP contribution in [0.3, 0.4) is 0 Å². The maximum Gasteiger partial charge on any atom is 0.433 e. The molecule has 2 saturated heterocycles. The minimum atomic E-state index is -4.43. The molecule has 2 aliphatic heterocycles. The van der Waals surface area contributed by atoms with Gasteiger partial charge in [0.2, 0.25) is 5.95 Å². The number of anilines is 1. The number of hydrogen-bond acceptors (Lipinski definition) is 5. The van der Waals surface area contributed by atoms with Crippen LogP contribution < -0.4 is 4.90 Å². The van der Waals surface area contributed by atoms with E-state index in [9.17, 15) is 13.2 Å². The molecule has 0 radical (unpaired) electrons. The summed E-state index contributed by atoms with van der Waals surface area (Å²) in [4.78, 5) is 11.8. The minimum Gasteiger partial charge on any atom is -0.379 e. The second-order valence-electron chi connectivity index (χ2n) is 5.28. The van der Waals surface area contributed by atoms with E-state index in [0.29, 0.717) is 19.1 Å². The maximum absolute atomic E-state index is 12.7. The van der Waals surface area contributed by atoms with Crippen molar-refractivity contribution in [3.8, 4) is 0 Å². The molecule has 0 amide bonds. The van der Waals surface area contributed by atoms with Gasteiger partial charge in [-0.25, -0.2) is 9.97 Å². The Morgan fingerprint density at radius 1 is 1.19 bits per heavy atom. The Bertz CT molecular complexity index is 491. The fraction of sp³-hybridized carbons (Fsp3) is 0.692. The molecule has 0 saturated carbocycles. The summed E-state index contributed by atoms with van der Waals surface area (Å²) in [7, 11) is 0. The van der Waals surface area contributed by atoms with Gasteiger partial charge in [-0.05, 0) is 12.5 Å². The number of ether oxygens (including phenoxy) is 1. The number of rotatable bonds is 2. The second kappa shape index (κ2) is 5.76. The molecule has 116 valence electrons. The van der Waals surface area contributed by atoms with Crippen LogP contribution >= 0.6 is 0 Å². The van der Waals surface area contributed by atoms with E-state index in [1.165, 1.54) is 6.20 Å². The van der Waals surface area contributed by atoms with Gasteiger partial charge in [0.15, 0.2) is 0 Å². The van der Waals surface area contributed by atoms with Crippen molar-refractivity contribution in [2.45, 2.75) is 18.6 Å². The Kier molecular flexibility index (Phi) is 3.99. The molecule has 2 aliphatic rings. The lowest BCUT2D eigenvalue weighted by Gasteiger charge is -2.32. The zero-order valence-corrected chi connectivity index (χ0v) is 11.5. The van der Waals surface area contributed by atoms with Crippen molar-refractivity contribution in [1.82, 2.24) is 14.9 Å². The molecule has 0 aromatic carbocycles. The number of hydrogen-bond donors (Lipinski definition) is 0. The molecule has 0 aliphatic carbocycles. The van der Waals surface area contributed by atoms with Gasteiger partial charge in [-0.2, -0.15) is 13.2 Å². The van der Waals surface area contributed by atoms with Crippen LogP contribution in [0.1, 0.15) is 12.1 Å². The van der Waals surface area contributed by atoms with E-state index in [4.69, 9.17) is 4.74 Å². The Labute approximate surface area is 120 Å². The van der Waals surface area contributed by atoms with Gasteiger partial charge in [-0.15, -0.1) is 0 Å². The van der Waals surface area contributed by atoms with Gasteiger partial charge in [0, 0.05) is 38.4 Å². The standard InChI is InChI=1S/C13H17F3N4O/c14-13(15,16)11-1-3-17-12(18-11)20-4-2-10(9-20)19-5-7-21-8-6-19/h1,3,10H,2,4-9H2. The summed E-state index contributed by atoms with van der Waals surface area (Å²) in [5.74, 6) is 0.167. The molecule has 1 aromatic heterocycles. The van der Waals surface area contributed by atoms with Gasteiger partial charge >= 0.3 is 6.18 Å². The summed E-state index contributed by atoms with van der Waals surface area (Å²) >= 11 is 0. The number of aromatic nitrogens is 2. The van der Waals surface area contributed by atoms with E-state index in [-0.39, 0.29) is 5.95 Å². The van der Waals surface area contributed by atoms with Crippen molar-refractivity contribution in [3.05, 3.63) is 18.0 Å². The van der Waals surface area contributed by atoms with E-state index in [0.717, 1.165) is 38.8 Å². The number of nitrogens with zero attached hydrogens (tertiary/aromatic N) is 4. The third kappa shape index (κ3) is 3.26. The lowest BCUT2D eigenvalue weighted by molar-refractivity contribution is -0.141. The molecule has 1 atom stereocenters. The molecule has 0 spiro atoms. The second-order valence-corrected chi connectivity index (χ2v) is 5.28. The van der Waals surface area contributed by atoms with E-state index < -0.39 is 11.9 Å². The van der Waals surface area contributed by atoms with Gasteiger partial charge < -0.3 is 9.64 Å². The number of morpholine rings is 1. The first kappa shape index (κ1) is 14.5. The van der Waals surface area contributed by atoms with Crippen molar-refractivity contribution in [1.29, 1.82) is 0 Å². The van der Waals surface area contributed by atoms with E-state index in [2.05, 4.69) is 14.9 Å². The van der Waals surface area contributed by atoms with Crippen LogP contribution in [0.4, 0.5) is 19.1 Å². The fourth-order valence-electron chi connectivity index (χ4n) is 2.82. The highest BCUT2D eigenvalue weighted by Crippen LogP contribution is 2.29. The molecule has 1 aromatic rings. The Balaban J connectivity index is 1.68. The predicted octanol–water partition coefficient (Wildman–Crippen LogP) is 1.41. The largest absolute Gasteiger partial charge is 0.433 e. The first-order valence-corrected chi connectivity index (χ1v) is 7.01. The van der Waals surface area contributed by atoms with Crippen LogP contribution in [-0.4, -0.2) is 60.3 Å². The molecule has 2 fully saturated rings. The van der Waals surface area contributed by atoms with Crippen LogP contribution in [-0.2, 0) is 10.9 Å². The molecule has 8 heteroatoms. The quantitative estimate of drug-likeness (QED) is 0.826. The molecule has 3 rings (SSSR count). The summed E-state index contributed by atoms with van der Waals surface area (Å²) in [5.41, 5.74) is -0.887. The zero-order valence-electron chi connectivity index (χ0n) is 11.5. The number of alkyl halides is 3. The number of halogens is 3. The molecular formula is C13H17F3N4O. The summed E-state index contributed by atoms with van der Waals surface area (Å²) in [5, 5.41) is 0. The van der Waals surface area contributed by atoms with E-state index in [1.54, 1.807) is 0 Å². The molecule has 3 heterocycles. The lowest BCUT2D eigenvalue weighted by Crippen LogP contribution is -2.44. The van der Waals surface area contributed by atoms with Crippen LogP contribution in [0.15, 0.2) is 12.3 Å². The van der Waals surface area contributed by atoms with E-state index in [1.807, 2.05) is 4.90 Å². The highest BCUT2D eigenvalue weighted by Gasteiger charge is 2.35. The third-order valence-electron chi connectivity index (χ3n) is 3.94. The van der Waals surface area contributed by atoms with Gasteiger partial charge in [0.05, 0.1) is 13.2 Å². The highest BCUT2D eigenvalue weighted by molar-refractivity contribution is 5.33. The summed E-state index contributed by atoms with van der Waals surface area (Å²) < 4.78 is 43.4. The van der Waals surface area contributed by atoms with Crippen LogP contribution in [0, 0.1) is 0 Å². The first-order valence-electron chi connectivity index (χ1n) is 7.01. The van der Waals surface area contributed by atoms with Gasteiger partial charge in [0.25, 0.3) is 0 Å². The Hall–Kier alpha value is -1.41. The topological polar surface area (TPSA) is 41.5 Å². The first-order chi connectivity index (χ1) is 10.0. The monoisotopic (exact) mass is 302 g/mol. The molecule has 0 bridgehead atoms. The van der Waals surface area contributed by atoms with Gasteiger partial charge in [-0.1, -0.05) is 0 Å². The van der Waals surface area contributed by atoms with Crippen molar-refractivity contribution in [2.24, 2.45) is 0 Å². The smallest absolute Gasteiger partial charge is 0.379 e. The Morgan fingerprint density at radius 3 is 2.67 bits per heavy atom. The Morgan fingerprint density at radius 2 is 1.95 bits per heavy atom. The molecule has 5 nitrogen and oxygen atoms in total. The highest BCUT2D eigenvalue weighted by atomic mass is 19.4. The SMILES string of the molecule is FC(F)(F)c1ccnc(N2CCC(N3CCOCC3)C2)n1. The summed E-state index contributed by atoms with van der Waals surface area (Å²) in [6.45, 7) is 4.54. The van der Waals surface area contributed by atoms with Gasteiger partial charge in [-0.3, -0.25) is 4.90 Å². The average molecular weight is 302 g/mol. The average Bonchev–Trinajstić information content (AvgIpc) is 2.97. The molecule has 1 unspecified atom stereocenters. The molecule has 0 N–H and O–H groups in total. The van der Waals surface area contributed by atoms with Gasteiger partial charge in [0.1, 0.15) is 5.69 Å². The third-order valence-corrected chi connectivity index (χ3v) is 3.94. The van der Waals surface area contributed by atoms with Crippen LogP contribution in [0.25, 0.3) is 0 Å². The predicted molar refractivity (Wildman–Crippen MR) is 70.0 cm³/mol. The lowest BCUT2D eigenvalue weighted by atomic mass is 10.2. The fourth-order valence-corrected chi connectivity index (χ4v) is 2.82. The summed E-state index contributed by atoms with van der Waals surface area (Å²) in [6.07, 6.45) is -2.34. The van der Waals surface area contributed by atoms with Crippen LogP contribution in [0.2, 0.25) is 0 Å². The molecular weight excluding hydrogens is 285 g/mol. The van der Waals surface area contributed by atoms with Crippen molar-refractivity contribution in [3.63, 3.8) is 0 Å². The zero-order chi connectivity index (χ0) is 14.9.